The molecule has 0 saturated carbocycles. The number of nitrogens with zero attached hydrogens (tertiary/aromatic N) is 1. The fourth-order valence-corrected chi connectivity index (χ4v) is 3.51. The molecule has 2 atom stereocenters. The Bertz CT molecular complexity index is 606. The van der Waals surface area contributed by atoms with Gasteiger partial charge in [0.2, 0.25) is 0 Å². The van der Waals surface area contributed by atoms with Crippen LogP contribution in [0.5, 0.6) is 0 Å². The molecule has 110 valence electrons. The summed E-state index contributed by atoms with van der Waals surface area (Å²) in [5.74, 6) is 0.565. The van der Waals surface area contributed by atoms with Crippen LogP contribution in [0.4, 0.5) is 0 Å². The Kier molecular flexibility index (Phi) is 4.35. The third kappa shape index (κ3) is 2.86. The first kappa shape index (κ1) is 14.3. The van der Waals surface area contributed by atoms with Crippen molar-refractivity contribution in [2.45, 2.75) is 45.1 Å². The van der Waals surface area contributed by atoms with Crippen LogP contribution in [0, 0.1) is 6.92 Å². The molecule has 2 heteroatoms. The molecule has 0 bridgehead atoms. The number of hydrogen-bond donors (Lipinski definition) is 1. The number of benzene rings is 1. The van der Waals surface area contributed by atoms with E-state index in [1.54, 1.807) is 0 Å². The number of hydrogen-bond acceptors (Lipinski definition) is 2. The Hall–Kier alpha value is -1.67. The Labute approximate surface area is 127 Å². The van der Waals surface area contributed by atoms with Gasteiger partial charge in [-0.1, -0.05) is 31.2 Å². The van der Waals surface area contributed by atoms with E-state index in [2.05, 4.69) is 54.5 Å². The largest absolute Gasteiger partial charge is 0.309 e. The number of pyridine rings is 1. The van der Waals surface area contributed by atoms with Crippen molar-refractivity contribution in [3.05, 3.63) is 65.0 Å². The first-order valence-electron chi connectivity index (χ1n) is 8.03. The van der Waals surface area contributed by atoms with Crippen LogP contribution in [-0.2, 0) is 6.42 Å². The molecule has 0 saturated heterocycles. The molecule has 0 radical (unpaired) electrons. The van der Waals surface area contributed by atoms with E-state index in [0.29, 0.717) is 12.0 Å². The first-order valence-corrected chi connectivity index (χ1v) is 8.03. The van der Waals surface area contributed by atoms with Crippen LogP contribution in [-0.4, -0.2) is 11.5 Å². The molecule has 2 nitrogen and oxygen atoms in total. The molecular weight excluding hydrogens is 256 g/mol. The molecule has 1 aliphatic carbocycles. The molecule has 2 unspecified atom stereocenters. The average Bonchev–Trinajstić information content (AvgIpc) is 2.93. The van der Waals surface area contributed by atoms with E-state index in [-0.39, 0.29) is 0 Å². The highest BCUT2D eigenvalue weighted by atomic mass is 14.9. The highest BCUT2D eigenvalue weighted by molar-refractivity contribution is 5.39. The van der Waals surface area contributed by atoms with Gasteiger partial charge in [0.05, 0.1) is 0 Å². The third-order valence-electron chi connectivity index (χ3n) is 4.61. The van der Waals surface area contributed by atoms with Crippen LogP contribution in [0.15, 0.2) is 42.7 Å². The van der Waals surface area contributed by atoms with Gasteiger partial charge in [0.1, 0.15) is 0 Å². The molecule has 0 spiro atoms. The Balaban J connectivity index is 1.96. The van der Waals surface area contributed by atoms with Crippen LogP contribution in [0.3, 0.4) is 0 Å². The molecule has 1 aliphatic rings. The molecule has 1 aromatic carbocycles. The van der Waals surface area contributed by atoms with Crippen molar-refractivity contribution in [1.82, 2.24) is 10.3 Å². The van der Waals surface area contributed by atoms with Gasteiger partial charge in [-0.15, -0.1) is 0 Å². The zero-order chi connectivity index (χ0) is 14.7. The van der Waals surface area contributed by atoms with Gasteiger partial charge in [0.15, 0.2) is 0 Å². The van der Waals surface area contributed by atoms with E-state index in [4.69, 9.17) is 0 Å². The minimum absolute atomic E-state index is 0.377. The molecular formula is C19H24N2. The maximum absolute atomic E-state index is 4.36. The fraction of sp³-hybridized carbons (Fsp3) is 0.421. The van der Waals surface area contributed by atoms with Gasteiger partial charge in [-0.25, -0.2) is 0 Å². The van der Waals surface area contributed by atoms with Gasteiger partial charge in [0.25, 0.3) is 0 Å². The van der Waals surface area contributed by atoms with Gasteiger partial charge in [0, 0.05) is 24.4 Å². The number of rotatable bonds is 5. The summed E-state index contributed by atoms with van der Waals surface area (Å²) < 4.78 is 0. The minimum Gasteiger partial charge on any atom is -0.309 e. The Morgan fingerprint density at radius 1 is 1.29 bits per heavy atom. The molecule has 2 aromatic rings. The normalized spacial score (nSPS) is 18.5. The van der Waals surface area contributed by atoms with E-state index in [0.717, 1.165) is 13.0 Å². The topological polar surface area (TPSA) is 24.9 Å². The second-order valence-electron chi connectivity index (χ2n) is 6.01. The van der Waals surface area contributed by atoms with Gasteiger partial charge < -0.3 is 5.32 Å². The maximum atomic E-state index is 4.36. The van der Waals surface area contributed by atoms with Crippen molar-refractivity contribution in [2.75, 3.05) is 6.54 Å². The summed E-state index contributed by atoms with van der Waals surface area (Å²) in [7, 11) is 0. The minimum atomic E-state index is 0.377. The van der Waals surface area contributed by atoms with E-state index >= 15 is 0 Å². The van der Waals surface area contributed by atoms with Gasteiger partial charge in [-0.2, -0.15) is 0 Å². The second kappa shape index (κ2) is 6.40. The van der Waals surface area contributed by atoms with Gasteiger partial charge in [-0.05, 0) is 61.1 Å². The molecule has 0 amide bonds. The molecule has 3 rings (SSSR count). The fourth-order valence-electron chi connectivity index (χ4n) is 3.51. The number of aromatic nitrogens is 1. The second-order valence-corrected chi connectivity index (χ2v) is 6.01. The SMILES string of the molecule is CCCNC(c1cnccc1C)C1CCc2ccccc21. The van der Waals surface area contributed by atoms with Crippen LogP contribution < -0.4 is 5.32 Å². The summed E-state index contributed by atoms with van der Waals surface area (Å²) in [5.41, 5.74) is 5.73. The number of aryl methyl sites for hydroxylation is 2. The Morgan fingerprint density at radius 2 is 2.14 bits per heavy atom. The zero-order valence-electron chi connectivity index (χ0n) is 13.0. The maximum Gasteiger partial charge on any atom is 0.0407 e. The highest BCUT2D eigenvalue weighted by Gasteiger charge is 2.30. The van der Waals surface area contributed by atoms with E-state index in [9.17, 15) is 0 Å². The smallest absolute Gasteiger partial charge is 0.0407 e. The van der Waals surface area contributed by atoms with Crippen molar-refractivity contribution in [3.8, 4) is 0 Å². The van der Waals surface area contributed by atoms with E-state index in [1.807, 2.05) is 12.4 Å². The van der Waals surface area contributed by atoms with Crippen molar-refractivity contribution in [3.63, 3.8) is 0 Å². The van der Waals surface area contributed by atoms with Crippen LogP contribution >= 0.6 is 0 Å². The molecule has 0 aliphatic heterocycles. The molecule has 1 N–H and O–H groups in total. The summed E-state index contributed by atoms with van der Waals surface area (Å²) in [6, 6.07) is 11.4. The first-order chi connectivity index (χ1) is 10.3. The molecule has 0 fully saturated rings. The van der Waals surface area contributed by atoms with Gasteiger partial charge >= 0.3 is 0 Å². The lowest BCUT2D eigenvalue weighted by molar-refractivity contribution is 0.440. The zero-order valence-corrected chi connectivity index (χ0v) is 13.0. The standard InChI is InChI=1S/C19H24N2/c1-3-11-21-19(18-13-20-12-10-14(18)2)17-9-8-15-6-4-5-7-16(15)17/h4-7,10,12-13,17,19,21H,3,8-9,11H2,1-2H3. The molecule has 1 heterocycles. The highest BCUT2D eigenvalue weighted by Crippen LogP contribution is 2.42. The van der Waals surface area contributed by atoms with Crippen molar-refractivity contribution < 1.29 is 0 Å². The number of fused-ring (bicyclic) bond motifs is 1. The van der Waals surface area contributed by atoms with Crippen LogP contribution in [0.1, 0.15) is 54.0 Å². The predicted molar refractivity (Wildman–Crippen MR) is 87.5 cm³/mol. The van der Waals surface area contributed by atoms with Crippen molar-refractivity contribution in [1.29, 1.82) is 0 Å². The van der Waals surface area contributed by atoms with Crippen LogP contribution in [0.25, 0.3) is 0 Å². The predicted octanol–water partition coefficient (Wildman–Crippen LogP) is 4.16. The summed E-state index contributed by atoms with van der Waals surface area (Å²) in [5, 5.41) is 3.77. The summed E-state index contributed by atoms with van der Waals surface area (Å²) in [6.45, 7) is 5.47. The van der Waals surface area contributed by atoms with Crippen molar-refractivity contribution in [2.24, 2.45) is 0 Å². The number of nitrogens with one attached hydrogen (secondary N) is 1. The summed E-state index contributed by atoms with van der Waals surface area (Å²) in [4.78, 5) is 4.36. The molecule has 21 heavy (non-hydrogen) atoms. The van der Waals surface area contributed by atoms with Crippen LogP contribution in [0.2, 0.25) is 0 Å². The van der Waals surface area contributed by atoms with E-state index in [1.165, 1.54) is 35.1 Å². The lowest BCUT2D eigenvalue weighted by Gasteiger charge is -2.27. The monoisotopic (exact) mass is 280 g/mol. The van der Waals surface area contributed by atoms with Gasteiger partial charge in [-0.3, -0.25) is 4.98 Å². The quantitative estimate of drug-likeness (QED) is 0.889. The lowest BCUT2D eigenvalue weighted by Crippen LogP contribution is -2.27. The van der Waals surface area contributed by atoms with E-state index < -0.39 is 0 Å². The summed E-state index contributed by atoms with van der Waals surface area (Å²) >= 11 is 0. The lowest BCUT2D eigenvalue weighted by atomic mass is 9.87. The Morgan fingerprint density at radius 3 is 2.95 bits per heavy atom. The third-order valence-corrected chi connectivity index (χ3v) is 4.61. The average molecular weight is 280 g/mol. The summed E-state index contributed by atoms with van der Waals surface area (Å²) in [6.07, 6.45) is 7.52. The van der Waals surface area contributed by atoms with Crippen molar-refractivity contribution >= 4 is 0 Å². The molecule has 1 aromatic heterocycles.